The number of amides is 2. The Hall–Kier alpha value is -2.90. The Kier molecular flexibility index (Phi) is 6.33. The van der Waals surface area contributed by atoms with Crippen molar-refractivity contribution in [2.24, 2.45) is 0 Å². The summed E-state index contributed by atoms with van der Waals surface area (Å²) in [5, 5.41) is 0. The number of rotatable bonds is 4. The first-order valence-corrected chi connectivity index (χ1v) is 11.9. The fourth-order valence-electron chi connectivity index (χ4n) is 5.10. The second-order valence-corrected chi connectivity index (χ2v) is 9.16. The maximum Gasteiger partial charge on any atom is 0.415 e. The molecular weight excluding hydrogens is 418 g/mol. The molecule has 3 saturated heterocycles. The smallest absolute Gasteiger partial charge is 0.415 e. The molecule has 3 aliphatic rings. The summed E-state index contributed by atoms with van der Waals surface area (Å²) in [6, 6.07) is 17.6. The Morgan fingerprint density at radius 2 is 1.67 bits per heavy atom. The summed E-state index contributed by atoms with van der Waals surface area (Å²) >= 11 is 0. The Morgan fingerprint density at radius 3 is 2.48 bits per heavy atom. The van der Waals surface area contributed by atoms with Crippen LogP contribution in [0.25, 0.3) is 0 Å². The van der Waals surface area contributed by atoms with Crippen LogP contribution in [0, 0.1) is 0 Å². The van der Waals surface area contributed by atoms with Gasteiger partial charge in [-0.3, -0.25) is 14.6 Å². The van der Waals surface area contributed by atoms with Crippen molar-refractivity contribution < 1.29 is 19.1 Å². The third kappa shape index (κ3) is 4.75. The highest BCUT2D eigenvalue weighted by Crippen LogP contribution is 2.36. The predicted octanol–water partition coefficient (Wildman–Crippen LogP) is 3.54. The topological polar surface area (TPSA) is 62.3 Å². The van der Waals surface area contributed by atoms with Gasteiger partial charge in [-0.25, -0.2) is 4.79 Å². The van der Waals surface area contributed by atoms with Crippen LogP contribution in [0.3, 0.4) is 0 Å². The summed E-state index contributed by atoms with van der Waals surface area (Å²) in [7, 11) is 0. The van der Waals surface area contributed by atoms with Gasteiger partial charge < -0.3 is 14.4 Å². The Morgan fingerprint density at radius 1 is 0.909 bits per heavy atom. The molecule has 0 radical (unpaired) electrons. The lowest BCUT2D eigenvalue weighted by Crippen LogP contribution is -2.38. The molecule has 2 aromatic rings. The summed E-state index contributed by atoms with van der Waals surface area (Å²) in [6.07, 6.45) is 1.94. The molecule has 1 atom stereocenters. The van der Waals surface area contributed by atoms with Crippen molar-refractivity contribution in [1.82, 2.24) is 9.80 Å². The molecule has 5 rings (SSSR count). The van der Waals surface area contributed by atoms with Crippen molar-refractivity contribution in [2.45, 2.75) is 31.4 Å². The first-order chi connectivity index (χ1) is 16.1. The number of hydrogen-bond donors (Lipinski definition) is 0. The Labute approximate surface area is 194 Å². The lowest BCUT2D eigenvalue weighted by atomic mass is 9.95. The molecule has 0 bridgehead atoms. The van der Waals surface area contributed by atoms with Crippen molar-refractivity contribution in [3.8, 4) is 0 Å². The van der Waals surface area contributed by atoms with E-state index in [2.05, 4.69) is 11.0 Å². The minimum absolute atomic E-state index is 0.0696. The number of morpholine rings is 1. The molecule has 2 amide bonds. The minimum atomic E-state index is -0.532. The Balaban J connectivity index is 1.27. The van der Waals surface area contributed by atoms with Gasteiger partial charge >= 0.3 is 6.09 Å². The largest absolute Gasteiger partial charge is 0.441 e. The monoisotopic (exact) mass is 449 g/mol. The highest BCUT2D eigenvalue weighted by atomic mass is 16.6. The van der Waals surface area contributed by atoms with Crippen LogP contribution in [0.15, 0.2) is 54.6 Å². The molecule has 3 fully saturated rings. The van der Waals surface area contributed by atoms with E-state index in [0.29, 0.717) is 26.1 Å². The summed E-state index contributed by atoms with van der Waals surface area (Å²) in [6.45, 7) is 5.80. The van der Waals surface area contributed by atoms with Gasteiger partial charge in [-0.15, -0.1) is 0 Å². The number of para-hydroxylation sites is 1. The Bertz CT molecular complexity index is 992. The van der Waals surface area contributed by atoms with Crippen LogP contribution in [0.1, 0.15) is 35.2 Å². The predicted molar refractivity (Wildman–Crippen MR) is 125 cm³/mol. The molecule has 7 heteroatoms. The number of ether oxygens (including phenoxy) is 2. The maximum atomic E-state index is 13.5. The van der Waals surface area contributed by atoms with Gasteiger partial charge in [0.2, 0.25) is 0 Å². The van der Waals surface area contributed by atoms with E-state index in [9.17, 15) is 9.59 Å². The van der Waals surface area contributed by atoms with E-state index in [-0.39, 0.29) is 12.0 Å². The van der Waals surface area contributed by atoms with Gasteiger partial charge in [0.25, 0.3) is 5.91 Å². The van der Waals surface area contributed by atoms with E-state index in [4.69, 9.17) is 9.47 Å². The molecule has 2 aromatic carbocycles. The molecule has 7 nitrogen and oxygen atoms in total. The van der Waals surface area contributed by atoms with Gasteiger partial charge in [0, 0.05) is 50.4 Å². The number of anilines is 1. The number of likely N-dealkylation sites (tertiary alicyclic amines) is 1. The third-order valence-corrected chi connectivity index (χ3v) is 6.97. The number of hydrogen-bond acceptors (Lipinski definition) is 5. The fourth-order valence-corrected chi connectivity index (χ4v) is 5.10. The summed E-state index contributed by atoms with van der Waals surface area (Å²) < 4.78 is 11.4. The van der Waals surface area contributed by atoms with Gasteiger partial charge in [-0.2, -0.15) is 0 Å². The van der Waals surface area contributed by atoms with Crippen LogP contribution >= 0.6 is 0 Å². The molecule has 0 unspecified atom stereocenters. The van der Waals surface area contributed by atoms with Gasteiger partial charge in [-0.1, -0.05) is 36.4 Å². The first kappa shape index (κ1) is 21.9. The number of benzene rings is 2. The van der Waals surface area contributed by atoms with E-state index in [1.54, 1.807) is 4.90 Å². The summed E-state index contributed by atoms with van der Waals surface area (Å²) in [5.74, 6) is 0.0696. The second-order valence-electron chi connectivity index (χ2n) is 9.16. The van der Waals surface area contributed by atoms with E-state index in [0.717, 1.165) is 62.5 Å². The van der Waals surface area contributed by atoms with Crippen LogP contribution in [0.4, 0.5) is 10.5 Å². The number of nitrogens with zero attached hydrogens (tertiary/aromatic N) is 3. The van der Waals surface area contributed by atoms with Crippen molar-refractivity contribution >= 4 is 17.7 Å². The third-order valence-electron chi connectivity index (χ3n) is 6.97. The SMILES string of the molecule is O=C(c1ccccc1CN1CCOCC1)N1CCC[C@]2(CC1)CN(c1ccccc1)C(=O)O2. The average Bonchev–Trinajstić information content (AvgIpc) is 3.04. The van der Waals surface area contributed by atoms with Crippen molar-refractivity contribution in [3.63, 3.8) is 0 Å². The van der Waals surface area contributed by atoms with Crippen LogP contribution in [-0.2, 0) is 16.0 Å². The molecule has 174 valence electrons. The van der Waals surface area contributed by atoms with E-state index < -0.39 is 5.60 Å². The molecule has 0 aromatic heterocycles. The molecular formula is C26H31N3O4. The van der Waals surface area contributed by atoms with Gasteiger partial charge in [0.1, 0.15) is 5.60 Å². The van der Waals surface area contributed by atoms with Crippen LogP contribution in [0.5, 0.6) is 0 Å². The minimum Gasteiger partial charge on any atom is -0.441 e. The average molecular weight is 450 g/mol. The molecule has 0 aliphatic carbocycles. The lowest BCUT2D eigenvalue weighted by molar-refractivity contribution is 0.0339. The van der Waals surface area contributed by atoms with E-state index >= 15 is 0 Å². The summed E-state index contributed by atoms with van der Waals surface area (Å²) in [4.78, 5) is 32.2. The van der Waals surface area contributed by atoms with Gasteiger partial charge in [0.05, 0.1) is 19.8 Å². The molecule has 3 heterocycles. The molecule has 3 aliphatic heterocycles. The highest BCUT2D eigenvalue weighted by molar-refractivity contribution is 5.96. The van der Waals surface area contributed by atoms with E-state index in [1.807, 2.05) is 53.4 Å². The standard InChI is InChI=1S/C26H31N3O4/c30-24(23-10-5-4-7-21(23)19-27-15-17-32-18-16-27)28-13-6-11-26(12-14-28)20-29(25(31)33-26)22-8-2-1-3-9-22/h1-5,7-10H,6,11-20H2/t26-/m0/s1. The van der Waals surface area contributed by atoms with Crippen molar-refractivity contribution in [2.75, 3.05) is 50.8 Å². The summed E-state index contributed by atoms with van der Waals surface area (Å²) in [5.41, 5.74) is 2.16. The zero-order valence-corrected chi connectivity index (χ0v) is 18.9. The number of carbonyl (C=O) groups excluding carboxylic acids is 2. The molecule has 33 heavy (non-hydrogen) atoms. The van der Waals surface area contributed by atoms with E-state index in [1.165, 1.54) is 0 Å². The molecule has 0 saturated carbocycles. The van der Waals surface area contributed by atoms with Crippen molar-refractivity contribution in [1.29, 1.82) is 0 Å². The van der Waals surface area contributed by atoms with Gasteiger partial charge in [0.15, 0.2) is 0 Å². The number of carbonyl (C=O) groups is 2. The maximum absolute atomic E-state index is 13.5. The first-order valence-electron chi connectivity index (χ1n) is 11.9. The van der Waals surface area contributed by atoms with Crippen LogP contribution in [0.2, 0.25) is 0 Å². The lowest BCUT2D eigenvalue weighted by Gasteiger charge is -2.28. The van der Waals surface area contributed by atoms with Crippen LogP contribution < -0.4 is 4.90 Å². The van der Waals surface area contributed by atoms with Crippen LogP contribution in [-0.4, -0.2) is 73.3 Å². The van der Waals surface area contributed by atoms with Gasteiger partial charge in [-0.05, 0) is 36.6 Å². The fraction of sp³-hybridized carbons (Fsp3) is 0.462. The van der Waals surface area contributed by atoms with Crippen molar-refractivity contribution in [3.05, 3.63) is 65.7 Å². The normalized spacial score (nSPS) is 24.1. The highest BCUT2D eigenvalue weighted by Gasteiger charge is 2.46. The molecule has 0 N–H and O–H groups in total. The zero-order valence-electron chi connectivity index (χ0n) is 18.9. The zero-order chi connectivity index (χ0) is 22.7. The second kappa shape index (κ2) is 9.53. The molecule has 1 spiro atoms. The quantitative estimate of drug-likeness (QED) is 0.715.